The van der Waals surface area contributed by atoms with Crippen molar-refractivity contribution < 1.29 is 33.7 Å². The van der Waals surface area contributed by atoms with Crippen LogP contribution in [0.3, 0.4) is 0 Å². The fourth-order valence-electron chi connectivity index (χ4n) is 8.16. The van der Waals surface area contributed by atoms with Crippen LogP contribution in [0.1, 0.15) is 59.3 Å². The molecule has 174 valence electrons. The molecule has 0 amide bonds. The minimum absolute atomic E-state index is 0.0119. The summed E-state index contributed by atoms with van der Waals surface area (Å²) in [5.74, 6) is -2.07. The highest BCUT2D eigenvalue weighted by Crippen LogP contribution is 2.76. The Bertz CT molecular complexity index is 971. The zero-order valence-electron chi connectivity index (χ0n) is 18.8. The number of carbonyl (C=O) groups excluding carboxylic acids is 2. The number of allylic oxidation sites excluding steroid dienone is 2. The number of fused-ring (bicyclic) bond motifs is 3. The molecule has 2 N–H and O–H groups in total. The summed E-state index contributed by atoms with van der Waals surface area (Å²) >= 11 is 0. The molecule has 5 aliphatic rings. The molecule has 9 atom stereocenters. The van der Waals surface area contributed by atoms with Crippen LogP contribution in [0.5, 0.6) is 0 Å². The van der Waals surface area contributed by atoms with Crippen molar-refractivity contribution in [3.8, 4) is 0 Å². The summed E-state index contributed by atoms with van der Waals surface area (Å²) in [5, 5.41) is 20.8. The summed E-state index contributed by atoms with van der Waals surface area (Å²) in [6.07, 6.45) is 4.60. The van der Waals surface area contributed by atoms with Gasteiger partial charge in [0.25, 0.3) is 0 Å². The first-order valence-corrected chi connectivity index (χ1v) is 11.7. The van der Waals surface area contributed by atoms with E-state index in [1.54, 1.807) is 6.08 Å². The summed E-state index contributed by atoms with van der Waals surface area (Å²) in [6.45, 7) is 5.76. The van der Waals surface area contributed by atoms with E-state index in [2.05, 4.69) is 0 Å². The van der Waals surface area contributed by atoms with Gasteiger partial charge in [-0.2, -0.15) is 0 Å². The van der Waals surface area contributed by atoms with Gasteiger partial charge in [-0.05, 0) is 68.1 Å². The minimum atomic E-state index is -1.59. The first kappa shape index (κ1) is 22.0. The van der Waals surface area contributed by atoms with Gasteiger partial charge >= 0.3 is 5.97 Å². The first-order chi connectivity index (χ1) is 14.9. The van der Waals surface area contributed by atoms with Gasteiger partial charge in [0.15, 0.2) is 11.6 Å². The molecule has 0 radical (unpaired) electrons. The van der Waals surface area contributed by atoms with E-state index >= 15 is 4.39 Å². The summed E-state index contributed by atoms with van der Waals surface area (Å²) in [6, 6.07) is 0. The maximum atomic E-state index is 15.5. The molecule has 0 aromatic carbocycles. The molecular weight excluding hydrogens is 415 g/mol. The van der Waals surface area contributed by atoms with Crippen LogP contribution in [-0.2, 0) is 19.1 Å². The molecule has 32 heavy (non-hydrogen) atoms. The number of ketones is 2. The summed E-state index contributed by atoms with van der Waals surface area (Å²) in [5.41, 5.74) is -3.20. The predicted octanol–water partition coefficient (Wildman–Crippen LogP) is 3.17. The van der Waals surface area contributed by atoms with Crippen LogP contribution in [0.2, 0.25) is 0 Å². The predicted molar refractivity (Wildman–Crippen MR) is 112 cm³/mol. The van der Waals surface area contributed by atoms with Gasteiger partial charge in [0.1, 0.15) is 17.4 Å². The van der Waals surface area contributed by atoms with Gasteiger partial charge in [-0.3, -0.25) is 14.4 Å². The number of halogens is 1. The molecule has 4 aliphatic carbocycles. The Hall–Kier alpha value is -1.86. The Morgan fingerprint density at radius 2 is 1.94 bits per heavy atom. The zero-order chi connectivity index (χ0) is 23.3. The van der Waals surface area contributed by atoms with E-state index in [-0.39, 0.29) is 61.1 Å². The van der Waals surface area contributed by atoms with Crippen molar-refractivity contribution in [3.63, 3.8) is 0 Å². The molecule has 1 aliphatic heterocycles. The van der Waals surface area contributed by atoms with Gasteiger partial charge in [0.2, 0.25) is 0 Å². The van der Waals surface area contributed by atoms with Gasteiger partial charge in [0.05, 0.1) is 6.10 Å². The van der Waals surface area contributed by atoms with E-state index in [0.717, 1.165) is 0 Å². The van der Waals surface area contributed by atoms with Crippen LogP contribution in [-0.4, -0.2) is 51.2 Å². The van der Waals surface area contributed by atoms with Gasteiger partial charge in [-0.25, -0.2) is 4.39 Å². The molecular formula is C25H31FO6. The second kappa shape index (κ2) is 6.60. The molecule has 6 nitrogen and oxygen atoms in total. The van der Waals surface area contributed by atoms with E-state index in [9.17, 15) is 19.5 Å². The van der Waals surface area contributed by atoms with E-state index in [1.165, 1.54) is 12.2 Å². The number of hydrogen-bond donors (Lipinski definition) is 2. The highest BCUT2D eigenvalue weighted by Gasteiger charge is 2.82. The largest absolute Gasteiger partial charge is 0.481 e. The van der Waals surface area contributed by atoms with Crippen LogP contribution in [0.4, 0.5) is 4.39 Å². The quantitative estimate of drug-likeness (QED) is 0.629. The maximum absolute atomic E-state index is 15.5. The number of carboxylic acid groups (broad SMARTS) is 1. The van der Waals surface area contributed by atoms with Crippen molar-refractivity contribution in [3.05, 3.63) is 23.8 Å². The lowest BCUT2D eigenvalue weighted by atomic mass is 9.46. The Morgan fingerprint density at radius 1 is 1.22 bits per heavy atom. The standard InChI is InChI=1S/C25H31FO6/c1-13-9-15-16-11-18(26)17-10-14(27)7-8-22(17,2)25(16)20(32-25)12-23(15,3)24(13,31)19(28)5-4-6-21(29)30/h7-8,10,13,15-16,18,20,31H,4-6,9,11-12H2,1-3H3,(H,29,30)/t13-,15+,16+,18+,20+,22+,23+,24+,25-/m1/s1. The molecule has 0 unspecified atom stereocenters. The number of carbonyl (C=O) groups is 3. The molecule has 1 heterocycles. The van der Waals surface area contributed by atoms with E-state index in [1.807, 2.05) is 20.8 Å². The molecule has 4 fully saturated rings. The number of carboxylic acids is 1. The summed E-state index contributed by atoms with van der Waals surface area (Å²) in [4.78, 5) is 36.1. The lowest BCUT2D eigenvalue weighted by molar-refractivity contribution is -0.163. The lowest BCUT2D eigenvalue weighted by Crippen LogP contribution is -2.63. The average Bonchev–Trinajstić information content (AvgIpc) is 3.40. The number of alkyl halides is 1. The van der Waals surface area contributed by atoms with Crippen LogP contribution < -0.4 is 0 Å². The number of Topliss-reactive ketones (excluding diaryl/α,β-unsaturated/α-hetero) is 1. The van der Waals surface area contributed by atoms with Crippen LogP contribution in [0.15, 0.2) is 23.8 Å². The van der Waals surface area contributed by atoms with Crippen molar-refractivity contribution in [2.45, 2.75) is 82.8 Å². The third-order valence-corrected chi connectivity index (χ3v) is 9.72. The number of rotatable bonds is 5. The van der Waals surface area contributed by atoms with E-state index in [4.69, 9.17) is 9.84 Å². The number of hydrogen-bond acceptors (Lipinski definition) is 5. The first-order valence-electron chi connectivity index (χ1n) is 11.7. The topological polar surface area (TPSA) is 104 Å². The second-order valence-corrected chi connectivity index (χ2v) is 11.0. The molecule has 0 bridgehead atoms. The maximum Gasteiger partial charge on any atom is 0.303 e. The Labute approximate surface area is 186 Å². The minimum Gasteiger partial charge on any atom is -0.481 e. The van der Waals surface area contributed by atoms with Crippen LogP contribution >= 0.6 is 0 Å². The van der Waals surface area contributed by atoms with Crippen molar-refractivity contribution in [2.24, 2.45) is 28.6 Å². The average molecular weight is 447 g/mol. The Balaban J connectivity index is 1.50. The number of epoxide rings is 1. The van der Waals surface area contributed by atoms with E-state index in [0.29, 0.717) is 18.4 Å². The van der Waals surface area contributed by atoms with Gasteiger partial charge < -0.3 is 14.9 Å². The fourth-order valence-corrected chi connectivity index (χ4v) is 8.16. The smallest absolute Gasteiger partial charge is 0.303 e. The third kappa shape index (κ3) is 2.44. The van der Waals surface area contributed by atoms with Crippen LogP contribution in [0.25, 0.3) is 0 Å². The van der Waals surface area contributed by atoms with Crippen molar-refractivity contribution in [1.29, 1.82) is 0 Å². The molecule has 0 aromatic heterocycles. The SMILES string of the molecule is C[C@@H]1C[C@H]2[C@@H]3C[C@H](F)C4=CC(=O)C=C[C@]4(C)[C@@]34O[C@H]4C[C@]2(C)[C@@]1(O)C(=O)CCCC(=O)O. The highest BCUT2D eigenvalue weighted by atomic mass is 19.1. The highest BCUT2D eigenvalue weighted by molar-refractivity contribution is 6.01. The van der Waals surface area contributed by atoms with Crippen LogP contribution in [0, 0.1) is 28.6 Å². The van der Waals surface area contributed by atoms with Crippen molar-refractivity contribution >= 4 is 17.5 Å². The summed E-state index contributed by atoms with van der Waals surface area (Å²) < 4.78 is 21.9. The van der Waals surface area contributed by atoms with Crippen molar-refractivity contribution in [2.75, 3.05) is 0 Å². The molecule has 3 saturated carbocycles. The monoisotopic (exact) mass is 446 g/mol. The van der Waals surface area contributed by atoms with Gasteiger partial charge in [-0.1, -0.05) is 19.9 Å². The zero-order valence-corrected chi connectivity index (χ0v) is 18.8. The Kier molecular flexibility index (Phi) is 4.53. The van der Waals surface area contributed by atoms with Gasteiger partial charge in [0, 0.05) is 23.7 Å². The molecule has 1 saturated heterocycles. The number of ether oxygens (including phenoxy) is 1. The summed E-state index contributed by atoms with van der Waals surface area (Å²) in [7, 11) is 0. The number of aliphatic carboxylic acids is 1. The molecule has 7 heteroatoms. The van der Waals surface area contributed by atoms with Crippen molar-refractivity contribution in [1.82, 2.24) is 0 Å². The Morgan fingerprint density at radius 3 is 2.62 bits per heavy atom. The van der Waals surface area contributed by atoms with Gasteiger partial charge in [-0.15, -0.1) is 0 Å². The normalized spacial score (nSPS) is 50.6. The number of aliphatic hydroxyl groups is 1. The lowest BCUT2D eigenvalue weighted by Gasteiger charge is -2.56. The van der Waals surface area contributed by atoms with E-state index < -0.39 is 34.2 Å². The second-order valence-electron chi connectivity index (χ2n) is 11.0. The molecule has 0 aromatic rings. The molecule has 5 rings (SSSR count). The third-order valence-electron chi connectivity index (χ3n) is 9.72. The molecule has 1 spiro atoms. The fraction of sp³-hybridized carbons (Fsp3) is 0.720.